The van der Waals surface area contributed by atoms with Gasteiger partial charge in [0.25, 0.3) is 0 Å². The van der Waals surface area contributed by atoms with Gasteiger partial charge in [0, 0.05) is 13.7 Å². The van der Waals surface area contributed by atoms with Crippen molar-refractivity contribution in [3.05, 3.63) is 30.5 Å². The molecule has 1 rings (SSSR count). The molecule has 0 unspecified atom stereocenters. The number of hydrogen-bond acceptors (Lipinski definition) is 4. The highest BCUT2D eigenvalue weighted by Crippen LogP contribution is 2.17. The SMILES string of the molecule is C=CCNc1ncc(OCCOC)cc1C. The van der Waals surface area contributed by atoms with E-state index in [1.165, 1.54) is 0 Å². The van der Waals surface area contributed by atoms with E-state index in [9.17, 15) is 0 Å². The van der Waals surface area contributed by atoms with Crippen LogP contribution in [0.25, 0.3) is 0 Å². The minimum atomic E-state index is 0.539. The van der Waals surface area contributed by atoms with Gasteiger partial charge in [-0.15, -0.1) is 6.58 Å². The van der Waals surface area contributed by atoms with Crippen molar-refractivity contribution < 1.29 is 9.47 Å². The van der Waals surface area contributed by atoms with Crippen molar-refractivity contribution in [3.63, 3.8) is 0 Å². The molecular weight excluding hydrogens is 204 g/mol. The van der Waals surface area contributed by atoms with Crippen molar-refractivity contribution in [2.24, 2.45) is 0 Å². The minimum absolute atomic E-state index is 0.539. The van der Waals surface area contributed by atoms with Crippen molar-refractivity contribution >= 4 is 5.82 Å². The number of pyridine rings is 1. The number of nitrogens with one attached hydrogen (secondary N) is 1. The number of hydrogen-bond donors (Lipinski definition) is 1. The molecule has 1 N–H and O–H groups in total. The molecule has 1 aromatic rings. The molecule has 0 aromatic carbocycles. The second-order valence-corrected chi connectivity index (χ2v) is 3.35. The van der Waals surface area contributed by atoms with Crippen LogP contribution in [0.1, 0.15) is 5.56 Å². The number of aryl methyl sites for hydroxylation is 1. The maximum atomic E-state index is 5.45. The third-order valence-electron chi connectivity index (χ3n) is 2.02. The normalized spacial score (nSPS) is 9.88. The molecule has 1 aromatic heterocycles. The number of ether oxygens (including phenoxy) is 2. The van der Waals surface area contributed by atoms with Gasteiger partial charge in [0.2, 0.25) is 0 Å². The van der Waals surface area contributed by atoms with Gasteiger partial charge in [0.05, 0.1) is 12.8 Å². The highest BCUT2D eigenvalue weighted by molar-refractivity contribution is 5.46. The van der Waals surface area contributed by atoms with E-state index < -0.39 is 0 Å². The van der Waals surface area contributed by atoms with Crippen LogP contribution in [-0.2, 0) is 4.74 Å². The smallest absolute Gasteiger partial charge is 0.138 e. The number of methoxy groups -OCH3 is 1. The van der Waals surface area contributed by atoms with Crippen molar-refractivity contribution in [1.29, 1.82) is 0 Å². The van der Waals surface area contributed by atoms with Gasteiger partial charge in [0.1, 0.15) is 18.2 Å². The Morgan fingerprint density at radius 3 is 2.94 bits per heavy atom. The highest BCUT2D eigenvalue weighted by Gasteiger charge is 2.01. The molecule has 88 valence electrons. The zero-order valence-electron chi connectivity index (χ0n) is 9.82. The summed E-state index contributed by atoms with van der Waals surface area (Å²) >= 11 is 0. The molecule has 0 aliphatic heterocycles. The maximum Gasteiger partial charge on any atom is 0.138 e. The van der Waals surface area contributed by atoms with Crippen molar-refractivity contribution in [3.8, 4) is 5.75 Å². The summed E-state index contributed by atoms with van der Waals surface area (Å²) in [6, 6.07) is 1.95. The predicted molar refractivity (Wildman–Crippen MR) is 65.0 cm³/mol. The van der Waals surface area contributed by atoms with E-state index in [4.69, 9.17) is 9.47 Å². The Morgan fingerprint density at radius 2 is 2.31 bits per heavy atom. The summed E-state index contributed by atoms with van der Waals surface area (Å²) in [4.78, 5) is 4.27. The molecule has 0 saturated heterocycles. The number of nitrogens with zero attached hydrogens (tertiary/aromatic N) is 1. The fraction of sp³-hybridized carbons (Fsp3) is 0.417. The van der Waals surface area contributed by atoms with Crippen molar-refractivity contribution in [1.82, 2.24) is 4.98 Å². The summed E-state index contributed by atoms with van der Waals surface area (Å²) in [6.45, 7) is 7.46. The molecule has 4 heteroatoms. The van der Waals surface area contributed by atoms with Crippen LogP contribution in [-0.4, -0.2) is 31.9 Å². The first-order valence-electron chi connectivity index (χ1n) is 5.21. The number of rotatable bonds is 7. The second-order valence-electron chi connectivity index (χ2n) is 3.35. The van der Waals surface area contributed by atoms with Crippen LogP contribution >= 0.6 is 0 Å². The Kier molecular flexibility index (Phi) is 5.36. The lowest BCUT2D eigenvalue weighted by atomic mass is 10.3. The van der Waals surface area contributed by atoms with E-state index in [0.29, 0.717) is 19.8 Å². The van der Waals surface area contributed by atoms with E-state index in [1.807, 2.05) is 13.0 Å². The molecular formula is C12H18N2O2. The Labute approximate surface area is 96.3 Å². The van der Waals surface area contributed by atoms with Crippen molar-refractivity contribution in [2.45, 2.75) is 6.92 Å². The van der Waals surface area contributed by atoms with Gasteiger partial charge in [-0.1, -0.05) is 6.08 Å². The largest absolute Gasteiger partial charge is 0.490 e. The van der Waals surface area contributed by atoms with E-state index in [0.717, 1.165) is 17.1 Å². The molecule has 4 nitrogen and oxygen atoms in total. The first-order chi connectivity index (χ1) is 7.77. The van der Waals surface area contributed by atoms with Crippen LogP contribution in [0.2, 0.25) is 0 Å². The van der Waals surface area contributed by atoms with Gasteiger partial charge in [-0.05, 0) is 18.6 Å². The summed E-state index contributed by atoms with van der Waals surface area (Å²) in [6.07, 6.45) is 3.50. The summed E-state index contributed by atoms with van der Waals surface area (Å²) < 4.78 is 10.4. The molecule has 0 spiro atoms. The van der Waals surface area contributed by atoms with Gasteiger partial charge in [-0.25, -0.2) is 4.98 Å². The topological polar surface area (TPSA) is 43.4 Å². The summed E-state index contributed by atoms with van der Waals surface area (Å²) in [5, 5.41) is 3.15. The molecule has 0 atom stereocenters. The summed E-state index contributed by atoms with van der Waals surface area (Å²) in [7, 11) is 1.65. The lowest BCUT2D eigenvalue weighted by Gasteiger charge is -2.09. The average molecular weight is 222 g/mol. The first-order valence-corrected chi connectivity index (χ1v) is 5.21. The van der Waals surface area contributed by atoms with Gasteiger partial charge < -0.3 is 14.8 Å². The fourth-order valence-corrected chi connectivity index (χ4v) is 1.22. The zero-order chi connectivity index (χ0) is 11.8. The molecule has 0 aliphatic rings. The van der Waals surface area contributed by atoms with E-state index in [1.54, 1.807) is 19.4 Å². The Hall–Kier alpha value is -1.55. The molecule has 0 amide bonds. The monoisotopic (exact) mass is 222 g/mol. The first kappa shape index (κ1) is 12.5. The highest BCUT2D eigenvalue weighted by atomic mass is 16.5. The third-order valence-corrected chi connectivity index (χ3v) is 2.02. The molecule has 0 bridgehead atoms. The maximum absolute atomic E-state index is 5.45. The van der Waals surface area contributed by atoms with Crippen LogP contribution in [0.3, 0.4) is 0 Å². The summed E-state index contributed by atoms with van der Waals surface area (Å²) in [5.74, 6) is 1.62. The zero-order valence-corrected chi connectivity index (χ0v) is 9.82. The standard InChI is InChI=1S/C12H18N2O2/c1-4-5-13-12-10(2)8-11(9-14-12)16-7-6-15-3/h4,8-9H,1,5-7H2,2-3H3,(H,13,14). The van der Waals surface area contributed by atoms with Crippen molar-refractivity contribution in [2.75, 3.05) is 32.2 Å². The van der Waals surface area contributed by atoms with Gasteiger partial charge in [-0.2, -0.15) is 0 Å². The van der Waals surface area contributed by atoms with Gasteiger partial charge in [-0.3, -0.25) is 0 Å². The number of aromatic nitrogens is 1. The van der Waals surface area contributed by atoms with E-state index >= 15 is 0 Å². The van der Waals surface area contributed by atoms with Crippen LogP contribution in [0.5, 0.6) is 5.75 Å². The lowest BCUT2D eigenvalue weighted by molar-refractivity contribution is 0.146. The molecule has 0 radical (unpaired) electrons. The Bertz CT molecular complexity index is 340. The lowest BCUT2D eigenvalue weighted by Crippen LogP contribution is -2.06. The third kappa shape index (κ3) is 3.90. The molecule has 0 fully saturated rings. The molecule has 16 heavy (non-hydrogen) atoms. The van der Waals surface area contributed by atoms with E-state index in [2.05, 4.69) is 16.9 Å². The Balaban J connectivity index is 2.56. The Morgan fingerprint density at radius 1 is 1.50 bits per heavy atom. The summed E-state index contributed by atoms with van der Waals surface area (Å²) in [5.41, 5.74) is 1.05. The fourth-order valence-electron chi connectivity index (χ4n) is 1.22. The quantitative estimate of drug-likeness (QED) is 0.566. The van der Waals surface area contributed by atoms with Gasteiger partial charge >= 0.3 is 0 Å². The minimum Gasteiger partial charge on any atom is -0.490 e. The molecule has 1 heterocycles. The van der Waals surface area contributed by atoms with Crippen LogP contribution in [0.4, 0.5) is 5.82 Å². The molecule has 0 saturated carbocycles. The van der Waals surface area contributed by atoms with E-state index in [-0.39, 0.29) is 0 Å². The second kappa shape index (κ2) is 6.85. The number of anilines is 1. The van der Waals surface area contributed by atoms with Gasteiger partial charge in [0.15, 0.2) is 0 Å². The van der Waals surface area contributed by atoms with Crippen LogP contribution in [0, 0.1) is 6.92 Å². The predicted octanol–water partition coefficient (Wildman–Crippen LogP) is 2.01. The van der Waals surface area contributed by atoms with Crippen LogP contribution in [0.15, 0.2) is 24.9 Å². The average Bonchev–Trinajstić information content (AvgIpc) is 2.28. The van der Waals surface area contributed by atoms with Crippen LogP contribution < -0.4 is 10.1 Å². The molecule has 0 aliphatic carbocycles.